The first kappa shape index (κ1) is 17.1. The number of carbonyl (C=O) groups is 1. The van der Waals surface area contributed by atoms with E-state index in [0.717, 1.165) is 12.8 Å². The van der Waals surface area contributed by atoms with Gasteiger partial charge >= 0.3 is 0 Å². The lowest BCUT2D eigenvalue weighted by molar-refractivity contribution is 0.102. The molecule has 1 fully saturated rings. The molecule has 10 heteroatoms. The van der Waals surface area contributed by atoms with E-state index in [-0.39, 0.29) is 11.7 Å². The van der Waals surface area contributed by atoms with E-state index < -0.39 is 34.7 Å². The van der Waals surface area contributed by atoms with E-state index in [0.29, 0.717) is 17.5 Å². The minimum absolute atomic E-state index is 0.249. The van der Waals surface area contributed by atoms with E-state index in [1.807, 2.05) is 0 Å². The van der Waals surface area contributed by atoms with E-state index in [4.69, 9.17) is 0 Å². The van der Waals surface area contributed by atoms with Gasteiger partial charge in [-0.05, 0) is 53.6 Å². The summed E-state index contributed by atoms with van der Waals surface area (Å²) in [6.07, 6.45) is 2.01. The second-order valence-electron chi connectivity index (χ2n) is 6.06. The van der Waals surface area contributed by atoms with E-state index >= 15 is 0 Å². The van der Waals surface area contributed by atoms with Gasteiger partial charge in [-0.2, -0.15) is 0 Å². The number of nitrogens with zero attached hydrogens (tertiary/aromatic N) is 4. The van der Waals surface area contributed by atoms with Crippen molar-refractivity contribution in [3.8, 4) is 11.4 Å². The average molecular weight is 377 g/mol. The third kappa shape index (κ3) is 3.14. The Labute approximate surface area is 149 Å². The topological polar surface area (TPSA) is 72.7 Å². The molecule has 27 heavy (non-hydrogen) atoms. The molecule has 1 N–H and O–H groups in total. The molecule has 2 aromatic carbocycles. The van der Waals surface area contributed by atoms with Crippen molar-refractivity contribution < 1.29 is 22.4 Å². The highest BCUT2D eigenvalue weighted by atomic mass is 19.2. The van der Waals surface area contributed by atoms with Gasteiger partial charge in [0.15, 0.2) is 29.1 Å². The van der Waals surface area contributed by atoms with Gasteiger partial charge in [0.1, 0.15) is 0 Å². The van der Waals surface area contributed by atoms with Gasteiger partial charge in [-0.15, -0.1) is 5.10 Å². The number of nitrogens with one attached hydrogen (secondary N) is 1. The van der Waals surface area contributed by atoms with Crippen molar-refractivity contribution in [1.29, 1.82) is 0 Å². The number of aromatic nitrogens is 4. The Morgan fingerprint density at radius 2 is 1.74 bits per heavy atom. The second-order valence-corrected chi connectivity index (χ2v) is 6.06. The second kappa shape index (κ2) is 6.45. The van der Waals surface area contributed by atoms with Gasteiger partial charge in [-0.3, -0.25) is 4.79 Å². The van der Waals surface area contributed by atoms with Crippen molar-refractivity contribution in [1.82, 2.24) is 20.2 Å². The van der Waals surface area contributed by atoms with Crippen LogP contribution in [0.25, 0.3) is 11.4 Å². The number of amides is 1. The fourth-order valence-corrected chi connectivity index (χ4v) is 2.59. The van der Waals surface area contributed by atoms with Crippen LogP contribution < -0.4 is 5.32 Å². The van der Waals surface area contributed by atoms with Crippen LogP contribution in [0.3, 0.4) is 0 Å². The van der Waals surface area contributed by atoms with Gasteiger partial charge in [0, 0.05) is 11.3 Å². The molecule has 0 radical (unpaired) electrons. The van der Waals surface area contributed by atoms with Crippen molar-refractivity contribution in [3.63, 3.8) is 0 Å². The SMILES string of the molecule is O=C(Nc1ccc(-c2nnnn2C2CC2)cc1)c1cc(F)c(F)c(F)c1F. The number of tetrazole rings is 1. The van der Waals surface area contributed by atoms with Crippen LogP contribution in [0.1, 0.15) is 29.2 Å². The van der Waals surface area contributed by atoms with Crippen LogP contribution in [0.4, 0.5) is 23.2 Å². The highest BCUT2D eigenvalue weighted by Crippen LogP contribution is 2.36. The maximum absolute atomic E-state index is 13.7. The van der Waals surface area contributed by atoms with E-state index in [2.05, 4.69) is 20.8 Å². The van der Waals surface area contributed by atoms with E-state index in [1.54, 1.807) is 16.8 Å². The lowest BCUT2D eigenvalue weighted by Gasteiger charge is -2.08. The zero-order valence-electron chi connectivity index (χ0n) is 13.6. The van der Waals surface area contributed by atoms with Crippen molar-refractivity contribution >= 4 is 11.6 Å². The summed E-state index contributed by atoms with van der Waals surface area (Å²) in [5.41, 5.74) is 0.0156. The normalized spacial score (nSPS) is 13.6. The summed E-state index contributed by atoms with van der Waals surface area (Å²) in [5, 5.41) is 13.9. The summed E-state index contributed by atoms with van der Waals surface area (Å²) < 4.78 is 54.9. The van der Waals surface area contributed by atoms with Gasteiger partial charge in [-0.25, -0.2) is 22.2 Å². The number of anilines is 1. The van der Waals surface area contributed by atoms with Crippen molar-refractivity contribution in [2.45, 2.75) is 18.9 Å². The van der Waals surface area contributed by atoms with Crippen molar-refractivity contribution in [3.05, 3.63) is 59.2 Å². The van der Waals surface area contributed by atoms with Crippen LogP contribution in [0.5, 0.6) is 0 Å². The molecule has 0 unspecified atom stereocenters. The third-order valence-corrected chi connectivity index (χ3v) is 4.13. The fraction of sp³-hybridized carbons (Fsp3) is 0.176. The Hall–Kier alpha value is -3.30. The van der Waals surface area contributed by atoms with Crippen LogP contribution in [-0.4, -0.2) is 26.1 Å². The quantitative estimate of drug-likeness (QED) is 0.429. The smallest absolute Gasteiger partial charge is 0.258 e. The van der Waals surface area contributed by atoms with Crippen LogP contribution in [-0.2, 0) is 0 Å². The zero-order valence-corrected chi connectivity index (χ0v) is 13.6. The van der Waals surface area contributed by atoms with Crippen LogP contribution >= 0.6 is 0 Å². The molecule has 1 amide bonds. The molecular formula is C17H11F4N5O. The van der Waals surface area contributed by atoms with Crippen LogP contribution in [0.15, 0.2) is 30.3 Å². The van der Waals surface area contributed by atoms with Gasteiger partial charge in [0.25, 0.3) is 5.91 Å². The number of hydrogen-bond acceptors (Lipinski definition) is 4. The Kier molecular flexibility index (Phi) is 4.09. The molecule has 3 aromatic rings. The minimum Gasteiger partial charge on any atom is -0.322 e. The summed E-state index contributed by atoms with van der Waals surface area (Å²) >= 11 is 0. The first-order valence-electron chi connectivity index (χ1n) is 7.98. The molecule has 0 bridgehead atoms. The lowest BCUT2D eigenvalue weighted by atomic mass is 10.1. The van der Waals surface area contributed by atoms with Gasteiger partial charge in [0.05, 0.1) is 11.6 Å². The molecule has 0 spiro atoms. The first-order valence-corrected chi connectivity index (χ1v) is 7.98. The predicted molar refractivity (Wildman–Crippen MR) is 85.8 cm³/mol. The summed E-state index contributed by atoms with van der Waals surface area (Å²) in [6, 6.07) is 6.88. The standard InChI is InChI=1S/C17H11F4N5O/c18-12-7-11(13(19)15(21)14(12)20)17(27)22-9-3-1-8(2-4-9)16-23-24-25-26(16)10-5-6-10/h1-4,7,10H,5-6H2,(H,22,27). The molecule has 4 rings (SSSR count). The molecule has 1 saturated carbocycles. The third-order valence-electron chi connectivity index (χ3n) is 4.13. The largest absolute Gasteiger partial charge is 0.322 e. The minimum atomic E-state index is -2.04. The van der Waals surface area contributed by atoms with Crippen molar-refractivity contribution in [2.24, 2.45) is 0 Å². The molecular weight excluding hydrogens is 366 g/mol. The molecule has 6 nitrogen and oxygen atoms in total. The summed E-state index contributed by atoms with van der Waals surface area (Å²) in [5.74, 6) is -7.96. The molecule has 0 aliphatic heterocycles. The number of benzene rings is 2. The molecule has 0 atom stereocenters. The number of carbonyl (C=O) groups excluding carboxylic acids is 1. The zero-order chi connectivity index (χ0) is 19.1. The first-order chi connectivity index (χ1) is 13.0. The monoisotopic (exact) mass is 377 g/mol. The lowest BCUT2D eigenvalue weighted by Crippen LogP contribution is -2.16. The predicted octanol–water partition coefficient (Wildman–Crippen LogP) is 3.48. The van der Waals surface area contributed by atoms with Gasteiger partial charge in [0.2, 0.25) is 0 Å². The van der Waals surface area contributed by atoms with Crippen molar-refractivity contribution in [2.75, 3.05) is 5.32 Å². The van der Waals surface area contributed by atoms with E-state index in [9.17, 15) is 22.4 Å². The maximum atomic E-state index is 13.7. The van der Waals surface area contributed by atoms with Gasteiger partial charge < -0.3 is 5.32 Å². The summed E-state index contributed by atoms with van der Waals surface area (Å²) in [7, 11) is 0. The molecule has 0 saturated heterocycles. The fourth-order valence-electron chi connectivity index (χ4n) is 2.59. The molecule has 1 heterocycles. The Morgan fingerprint density at radius 3 is 2.41 bits per heavy atom. The van der Waals surface area contributed by atoms with E-state index in [1.165, 1.54) is 12.1 Å². The van der Waals surface area contributed by atoms with Crippen LogP contribution in [0, 0.1) is 23.3 Å². The highest BCUT2D eigenvalue weighted by molar-refractivity contribution is 6.04. The number of halogens is 4. The molecule has 1 aliphatic rings. The average Bonchev–Trinajstić information content (AvgIpc) is 3.40. The summed E-state index contributed by atoms with van der Waals surface area (Å²) in [6.45, 7) is 0. The summed E-state index contributed by atoms with van der Waals surface area (Å²) in [4.78, 5) is 12.1. The van der Waals surface area contributed by atoms with Gasteiger partial charge in [-0.1, -0.05) is 0 Å². The molecule has 138 valence electrons. The number of hydrogen-bond donors (Lipinski definition) is 1. The highest BCUT2D eigenvalue weighted by Gasteiger charge is 2.28. The molecule has 1 aromatic heterocycles. The Balaban J connectivity index is 1.55. The molecule has 1 aliphatic carbocycles. The van der Waals surface area contributed by atoms with Crippen LogP contribution in [0.2, 0.25) is 0 Å². The Morgan fingerprint density at radius 1 is 1.04 bits per heavy atom. The Bertz CT molecular complexity index is 1030. The number of rotatable bonds is 4. The maximum Gasteiger partial charge on any atom is 0.258 e.